The van der Waals surface area contributed by atoms with Gasteiger partial charge in [-0.05, 0) is 32.0 Å². The molecule has 2 rings (SSSR count). The summed E-state index contributed by atoms with van der Waals surface area (Å²) in [6, 6.07) is 3.55. The monoisotopic (exact) mass is 297 g/mol. The lowest BCUT2D eigenvalue weighted by molar-refractivity contribution is -0.113. The van der Waals surface area contributed by atoms with Gasteiger partial charge in [-0.2, -0.15) is 5.10 Å². The molecule has 0 saturated carbocycles. The van der Waals surface area contributed by atoms with E-state index in [1.165, 1.54) is 6.07 Å². The number of hydrogen-bond donors (Lipinski definition) is 2. The van der Waals surface area contributed by atoms with Gasteiger partial charge in [0.1, 0.15) is 0 Å². The maximum atomic E-state index is 13.0. The molecule has 2 aromatic rings. The molecule has 1 aromatic heterocycles. The van der Waals surface area contributed by atoms with Crippen molar-refractivity contribution in [1.82, 2.24) is 10.2 Å². The Balaban J connectivity index is 1.94. The number of anilines is 1. The number of H-pyrrole nitrogens is 1. The van der Waals surface area contributed by atoms with E-state index < -0.39 is 11.6 Å². The van der Waals surface area contributed by atoms with E-state index in [0.29, 0.717) is 16.3 Å². The predicted octanol–water partition coefficient (Wildman–Crippen LogP) is 3.04. The van der Waals surface area contributed by atoms with E-state index in [0.717, 1.165) is 29.6 Å². The number of carbonyl (C=O) groups is 1. The third kappa shape index (κ3) is 3.36. The third-order valence-corrected chi connectivity index (χ3v) is 3.65. The van der Waals surface area contributed by atoms with Crippen molar-refractivity contribution < 1.29 is 13.6 Å². The zero-order valence-corrected chi connectivity index (χ0v) is 11.8. The number of aryl methyl sites for hydroxylation is 2. The molecule has 4 nitrogen and oxygen atoms in total. The summed E-state index contributed by atoms with van der Waals surface area (Å²) in [7, 11) is 0. The third-order valence-electron chi connectivity index (χ3n) is 2.65. The molecule has 2 N–H and O–H groups in total. The van der Waals surface area contributed by atoms with Crippen molar-refractivity contribution in [2.75, 3.05) is 11.1 Å². The maximum absolute atomic E-state index is 13.0. The first-order valence-electron chi connectivity index (χ1n) is 5.86. The normalized spacial score (nSPS) is 10.6. The van der Waals surface area contributed by atoms with Gasteiger partial charge in [-0.25, -0.2) is 8.78 Å². The molecule has 1 heterocycles. The fourth-order valence-electron chi connectivity index (χ4n) is 1.63. The van der Waals surface area contributed by atoms with Crippen molar-refractivity contribution >= 4 is 23.4 Å². The van der Waals surface area contributed by atoms with Crippen LogP contribution in [0.1, 0.15) is 11.4 Å². The van der Waals surface area contributed by atoms with Crippen LogP contribution >= 0.6 is 11.8 Å². The number of aromatic nitrogens is 2. The molecule has 0 fully saturated rings. The number of rotatable bonds is 4. The van der Waals surface area contributed by atoms with Crippen LogP contribution in [-0.4, -0.2) is 21.9 Å². The molecule has 0 radical (unpaired) electrons. The molecular weight excluding hydrogens is 284 g/mol. The number of nitrogens with zero attached hydrogens (tertiary/aromatic N) is 1. The van der Waals surface area contributed by atoms with Crippen molar-refractivity contribution in [2.24, 2.45) is 0 Å². The lowest BCUT2D eigenvalue weighted by Crippen LogP contribution is -2.15. The van der Waals surface area contributed by atoms with E-state index in [1.807, 2.05) is 0 Å². The van der Waals surface area contributed by atoms with Gasteiger partial charge in [-0.15, -0.1) is 11.8 Å². The molecule has 0 unspecified atom stereocenters. The van der Waals surface area contributed by atoms with Crippen LogP contribution in [0.4, 0.5) is 14.5 Å². The number of halogens is 2. The van der Waals surface area contributed by atoms with Crippen LogP contribution in [-0.2, 0) is 4.79 Å². The Bertz CT molecular complexity index is 623. The number of nitrogens with one attached hydrogen (secondary N) is 2. The Morgan fingerprint density at radius 3 is 2.70 bits per heavy atom. The minimum Gasteiger partial charge on any atom is -0.322 e. The van der Waals surface area contributed by atoms with E-state index in [9.17, 15) is 13.6 Å². The van der Waals surface area contributed by atoms with Crippen molar-refractivity contribution in [3.05, 3.63) is 41.2 Å². The summed E-state index contributed by atoms with van der Waals surface area (Å²) in [5, 5.41) is 9.47. The lowest BCUT2D eigenvalue weighted by Gasteiger charge is -2.05. The van der Waals surface area contributed by atoms with Gasteiger partial charge in [-0.1, -0.05) is 0 Å². The van der Waals surface area contributed by atoms with Crippen LogP contribution in [0.3, 0.4) is 0 Å². The highest BCUT2D eigenvalue weighted by atomic mass is 32.2. The Hall–Kier alpha value is -1.89. The molecule has 0 saturated heterocycles. The van der Waals surface area contributed by atoms with Gasteiger partial charge in [0.25, 0.3) is 0 Å². The SMILES string of the molecule is Cc1n[nH]c(C)c1NC(=O)CSc1ccc(F)c(F)c1. The van der Waals surface area contributed by atoms with Crippen LogP contribution < -0.4 is 5.32 Å². The molecule has 0 spiro atoms. The first-order valence-corrected chi connectivity index (χ1v) is 6.85. The van der Waals surface area contributed by atoms with Crippen LogP contribution in [0.25, 0.3) is 0 Å². The molecule has 7 heteroatoms. The number of amides is 1. The summed E-state index contributed by atoms with van der Waals surface area (Å²) in [6.07, 6.45) is 0. The molecule has 0 aliphatic carbocycles. The van der Waals surface area contributed by atoms with Crippen LogP contribution in [0.5, 0.6) is 0 Å². The largest absolute Gasteiger partial charge is 0.322 e. The highest BCUT2D eigenvalue weighted by Gasteiger charge is 2.11. The molecule has 0 aliphatic rings. The number of aromatic amines is 1. The van der Waals surface area contributed by atoms with E-state index in [4.69, 9.17) is 0 Å². The molecule has 0 atom stereocenters. The average molecular weight is 297 g/mol. The van der Waals surface area contributed by atoms with Gasteiger partial charge in [0.15, 0.2) is 11.6 Å². The second-order valence-corrected chi connectivity index (χ2v) is 5.27. The fourth-order valence-corrected chi connectivity index (χ4v) is 2.35. The standard InChI is InChI=1S/C13H13F2N3OS/c1-7-13(8(2)18-17-7)16-12(19)6-20-9-3-4-10(14)11(15)5-9/h3-5H,6H2,1-2H3,(H,16,19)(H,17,18). The summed E-state index contributed by atoms with van der Waals surface area (Å²) >= 11 is 1.14. The van der Waals surface area contributed by atoms with E-state index in [1.54, 1.807) is 13.8 Å². The highest BCUT2D eigenvalue weighted by Crippen LogP contribution is 2.21. The van der Waals surface area contributed by atoms with Crippen LogP contribution in [0.15, 0.2) is 23.1 Å². The summed E-state index contributed by atoms with van der Waals surface area (Å²) in [4.78, 5) is 12.3. The molecule has 20 heavy (non-hydrogen) atoms. The Morgan fingerprint density at radius 2 is 2.10 bits per heavy atom. The summed E-state index contributed by atoms with van der Waals surface area (Å²) in [5.41, 5.74) is 2.13. The highest BCUT2D eigenvalue weighted by molar-refractivity contribution is 8.00. The van der Waals surface area contributed by atoms with E-state index >= 15 is 0 Å². The van der Waals surface area contributed by atoms with Crippen molar-refractivity contribution in [3.8, 4) is 0 Å². The Morgan fingerprint density at radius 1 is 1.35 bits per heavy atom. The first kappa shape index (κ1) is 14.5. The fraction of sp³-hybridized carbons (Fsp3) is 0.231. The minimum atomic E-state index is -0.920. The van der Waals surface area contributed by atoms with Crippen molar-refractivity contribution in [1.29, 1.82) is 0 Å². The molecule has 0 aliphatic heterocycles. The van der Waals surface area contributed by atoms with Gasteiger partial charge < -0.3 is 5.32 Å². The quantitative estimate of drug-likeness (QED) is 0.853. The number of carbonyl (C=O) groups excluding carboxylic acids is 1. The zero-order valence-electron chi connectivity index (χ0n) is 11.0. The zero-order chi connectivity index (χ0) is 14.7. The van der Waals surface area contributed by atoms with Crippen molar-refractivity contribution in [3.63, 3.8) is 0 Å². The van der Waals surface area contributed by atoms with Gasteiger partial charge >= 0.3 is 0 Å². The molecule has 106 valence electrons. The van der Waals surface area contributed by atoms with E-state index in [2.05, 4.69) is 15.5 Å². The smallest absolute Gasteiger partial charge is 0.234 e. The number of thioether (sulfide) groups is 1. The molecule has 0 bridgehead atoms. The molecule has 1 aromatic carbocycles. The second-order valence-electron chi connectivity index (χ2n) is 4.22. The summed E-state index contributed by atoms with van der Waals surface area (Å²) in [6.45, 7) is 3.58. The van der Waals surface area contributed by atoms with Crippen molar-refractivity contribution in [2.45, 2.75) is 18.7 Å². The van der Waals surface area contributed by atoms with Gasteiger partial charge in [-0.3, -0.25) is 9.89 Å². The predicted molar refractivity (Wildman–Crippen MR) is 73.8 cm³/mol. The molecular formula is C13H13F2N3OS. The maximum Gasteiger partial charge on any atom is 0.234 e. The number of benzene rings is 1. The second kappa shape index (κ2) is 6.04. The average Bonchev–Trinajstić information content (AvgIpc) is 2.72. The van der Waals surface area contributed by atoms with E-state index in [-0.39, 0.29) is 11.7 Å². The topological polar surface area (TPSA) is 57.8 Å². The van der Waals surface area contributed by atoms with Crippen LogP contribution in [0.2, 0.25) is 0 Å². The number of hydrogen-bond acceptors (Lipinski definition) is 3. The van der Waals surface area contributed by atoms with Crippen LogP contribution in [0, 0.1) is 25.5 Å². The van der Waals surface area contributed by atoms with Gasteiger partial charge in [0, 0.05) is 4.90 Å². The Labute approximate surface area is 119 Å². The van der Waals surface area contributed by atoms with Gasteiger partial charge in [0.2, 0.25) is 5.91 Å². The Kier molecular flexibility index (Phi) is 4.39. The first-order chi connectivity index (χ1) is 9.47. The summed E-state index contributed by atoms with van der Waals surface area (Å²) in [5.74, 6) is -1.94. The minimum absolute atomic E-state index is 0.106. The molecule has 1 amide bonds. The lowest BCUT2D eigenvalue weighted by atomic mass is 10.3. The summed E-state index contributed by atoms with van der Waals surface area (Å²) < 4.78 is 25.8. The van der Waals surface area contributed by atoms with Gasteiger partial charge in [0.05, 0.1) is 22.8 Å².